The van der Waals surface area contributed by atoms with E-state index in [4.69, 9.17) is 5.21 Å². The molecule has 0 aliphatic rings. The standard InChI is InChI=1S/C9H8N2OS/c1-11-7-4-2-3-5-8(7)13-9(11)6-10-12/h2-6H,1H3/p+1. The van der Waals surface area contributed by atoms with Crippen molar-refractivity contribution in [2.45, 2.75) is 0 Å². The van der Waals surface area contributed by atoms with Crippen LogP contribution >= 0.6 is 11.3 Å². The van der Waals surface area contributed by atoms with Gasteiger partial charge in [0.05, 0.1) is 0 Å². The van der Waals surface area contributed by atoms with Crippen LogP contribution in [0.1, 0.15) is 5.01 Å². The maximum absolute atomic E-state index is 8.43. The molecule has 2 rings (SSSR count). The fourth-order valence-electron chi connectivity index (χ4n) is 1.28. The minimum Gasteiger partial charge on any atom is -0.411 e. The number of hydrogen-bond acceptors (Lipinski definition) is 3. The molecule has 0 saturated carbocycles. The quantitative estimate of drug-likeness (QED) is 0.317. The Morgan fingerprint density at radius 2 is 2.23 bits per heavy atom. The molecule has 3 nitrogen and oxygen atoms in total. The van der Waals surface area contributed by atoms with E-state index in [1.54, 1.807) is 11.3 Å². The van der Waals surface area contributed by atoms with Crippen LogP contribution in [0.15, 0.2) is 29.4 Å². The van der Waals surface area contributed by atoms with E-state index in [2.05, 4.69) is 11.2 Å². The summed E-state index contributed by atoms with van der Waals surface area (Å²) in [6.45, 7) is 0. The summed E-state index contributed by atoms with van der Waals surface area (Å²) in [6, 6.07) is 8.09. The van der Waals surface area contributed by atoms with Gasteiger partial charge in [-0.05, 0) is 6.07 Å². The molecule has 2 aromatic rings. The van der Waals surface area contributed by atoms with Crippen molar-refractivity contribution >= 4 is 27.8 Å². The van der Waals surface area contributed by atoms with E-state index < -0.39 is 0 Å². The summed E-state index contributed by atoms with van der Waals surface area (Å²) in [5.41, 5.74) is 1.16. The van der Waals surface area contributed by atoms with Crippen LogP contribution in [0.3, 0.4) is 0 Å². The van der Waals surface area contributed by atoms with E-state index in [1.807, 2.05) is 29.8 Å². The summed E-state index contributed by atoms with van der Waals surface area (Å²) in [4.78, 5) is 0. The summed E-state index contributed by atoms with van der Waals surface area (Å²) in [5, 5.41) is 12.4. The number of fused-ring (bicyclic) bond motifs is 1. The fourth-order valence-corrected chi connectivity index (χ4v) is 2.30. The highest BCUT2D eigenvalue weighted by Gasteiger charge is 2.13. The van der Waals surface area contributed by atoms with Crippen LogP contribution in [0.2, 0.25) is 0 Å². The second-order valence-electron chi connectivity index (χ2n) is 2.71. The Kier molecular flexibility index (Phi) is 1.98. The average molecular weight is 193 g/mol. The molecule has 1 aromatic carbocycles. The summed E-state index contributed by atoms with van der Waals surface area (Å²) in [6.07, 6.45) is 1.45. The number of benzene rings is 1. The SMILES string of the molecule is C[n+]1c(/C=N/O)sc2ccccc21. The number of aromatic nitrogens is 1. The van der Waals surface area contributed by atoms with E-state index in [0.717, 1.165) is 10.5 Å². The van der Waals surface area contributed by atoms with E-state index in [-0.39, 0.29) is 0 Å². The number of rotatable bonds is 1. The van der Waals surface area contributed by atoms with Gasteiger partial charge in [0, 0.05) is 6.07 Å². The molecule has 0 amide bonds. The molecule has 13 heavy (non-hydrogen) atoms. The first-order chi connectivity index (χ1) is 6.33. The summed E-state index contributed by atoms with van der Waals surface area (Å²) in [7, 11) is 1.95. The lowest BCUT2D eigenvalue weighted by atomic mass is 10.3. The zero-order valence-corrected chi connectivity index (χ0v) is 7.95. The van der Waals surface area contributed by atoms with Crippen LogP contribution < -0.4 is 4.57 Å². The Morgan fingerprint density at radius 1 is 1.46 bits per heavy atom. The van der Waals surface area contributed by atoms with Crippen LogP contribution in [0.4, 0.5) is 0 Å². The van der Waals surface area contributed by atoms with Crippen molar-refractivity contribution in [3.05, 3.63) is 29.3 Å². The Bertz CT molecular complexity index is 462. The fraction of sp³-hybridized carbons (Fsp3) is 0.111. The molecule has 66 valence electrons. The molecule has 0 atom stereocenters. The van der Waals surface area contributed by atoms with Gasteiger partial charge in [-0.15, -0.1) is 0 Å². The number of para-hydroxylation sites is 1. The third-order valence-electron chi connectivity index (χ3n) is 1.94. The van der Waals surface area contributed by atoms with Crippen molar-refractivity contribution in [2.24, 2.45) is 12.2 Å². The van der Waals surface area contributed by atoms with E-state index in [1.165, 1.54) is 10.9 Å². The molecule has 0 fully saturated rings. The summed E-state index contributed by atoms with van der Waals surface area (Å²) >= 11 is 1.60. The lowest BCUT2D eigenvalue weighted by Gasteiger charge is -1.83. The zero-order valence-electron chi connectivity index (χ0n) is 7.14. The minimum absolute atomic E-state index is 0.934. The maximum Gasteiger partial charge on any atom is 0.284 e. The van der Waals surface area contributed by atoms with Crippen LogP contribution in [-0.2, 0) is 7.05 Å². The van der Waals surface area contributed by atoms with E-state index in [9.17, 15) is 0 Å². The lowest BCUT2D eigenvalue weighted by Crippen LogP contribution is -2.30. The molecular weight excluding hydrogens is 184 g/mol. The first-order valence-electron chi connectivity index (χ1n) is 3.88. The van der Waals surface area contributed by atoms with Crippen molar-refractivity contribution < 1.29 is 9.77 Å². The lowest BCUT2D eigenvalue weighted by molar-refractivity contribution is -0.641. The molecule has 0 unspecified atom stereocenters. The molecule has 0 spiro atoms. The van der Waals surface area contributed by atoms with Crippen molar-refractivity contribution in [2.75, 3.05) is 0 Å². The highest BCUT2D eigenvalue weighted by Crippen LogP contribution is 2.17. The molecular formula is C9H9N2OS+. The first kappa shape index (κ1) is 8.19. The van der Waals surface area contributed by atoms with Gasteiger partial charge in [-0.1, -0.05) is 28.6 Å². The van der Waals surface area contributed by atoms with Gasteiger partial charge in [-0.2, -0.15) is 4.57 Å². The second-order valence-corrected chi connectivity index (χ2v) is 3.77. The first-order valence-corrected chi connectivity index (χ1v) is 4.69. The minimum atomic E-state index is 0.934. The number of thiazole rings is 1. The number of aryl methyl sites for hydroxylation is 1. The maximum atomic E-state index is 8.43. The van der Waals surface area contributed by atoms with Gasteiger partial charge >= 0.3 is 0 Å². The van der Waals surface area contributed by atoms with Crippen LogP contribution in [0.5, 0.6) is 0 Å². The molecule has 4 heteroatoms. The van der Waals surface area contributed by atoms with Crippen LogP contribution in [0.25, 0.3) is 10.2 Å². The predicted molar refractivity (Wildman–Crippen MR) is 52.4 cm³/mol. The van der Waals surface area contributed by atoms with Gasteiger partial charge in [0.1, 0.15) is 18.0 Å². The van der Waals surface area contributed by atoms with Gasteiger partial charge in [0.15, 0.2) is 0 Å². The van der Waals surface area contributed by atoms with Crippen molar-refractivity contribution in [1.29, 1.82) is 0 Å². The van der Waals surface area contributed by atoms with Crippen LogP contribution in [-0.4, -0.2) is 11.4 Å². The molecule has 1 aromatic heterocycles. The number of nitrogens with zero attached hydrogens (tertiary/aromatic N) is 2. The second kappa shape index (κ2) is 3.14. The average Bonchev–Trinajstić information content (AvgIpc) is 2.46. The van der Waals surface area contributed by atoms with Gasteiger partial charge < -0.3 is 5.21 Å². The predicted octanol–water partition coefficient (Wildman–Crippen LogP) is 1.53. The molecule has 1 heterocycles. The third kappa shape index (κ3) is 1.29. The number of hydrogen-bond donors (Lipinski definition) is 1. The van der Waals surface area contributed by atoms with Crippen molar-refractivity contribution in [1.82, 2.24) is 0 Å². The van der Waals surface area contributed by atoms with Crippen LogP contribution in [0, 0.1) is 0 Å². The topological polar surface area (TPSA) is 36.5 Å². The smallest absolute Gasteiger partial charge is 0.284 e. The molecule has 1 N–H and O–H groups in total. The van der Waals surface area contributed by atoms with Gasteiger partial charge in [0.25, 0.3) is 5.01 Å². The Morgan fingerprint density at radius 3 is 2.92 bits per heavy atom. The number of oxime groups is 1. The molecule has 0 saturated heterocycles. The highest BCUT2D eigenvalue weighted by atomic mass is 32.1. The summed E-state index contributed by atoms with van der Waals surface area (Å²) < 4.78 is 3.19. The van der Waals surface area contributed by atoms with Gasteiger partial charge in [-0.25, -0.2) is 0 Å². The molecule has 0 bridgehead atoms. The van der Waals surface area contributed by atoms with E-state index in [0.29, 0.717) is 0 Å². The van der Waals surface area contributed by atoms with Gasteiger partial charge in [-0.3, -0.25) is 0 Å². The normalized spacial score (nSPS) is 11.5. The third-order valence-corrected chi connectivity index (χ3v) is 3.09. The monoisotopic (exact) mass is 193 g/mol. The molecule has 0 aliphatic heterocycles. The van der Waals surface area contributed by atoms with Crippen molar-refractivity contribution in [3.8, 4) is 0 Å². The molecule has 0 radical (unpaired) electrons. The summed E-state index contributed by atoms with van der Waals surface area (Å²) in [5.74, 6) is 0. The Hall–Kier alpha value is -1.42. The highest BCUT2D eigenvalue weighted by molar-refractivity contribution is 7.19. The zero-order chi connectivity index (χ0) is 9.26. The van der Waals surface area contributed by atoms with Crippen molar-refractivity contribution in [3.63, 3.8) is 0 Å². The van der Waals surface area contributed by atoms with Gasteiger partial charge in [0.2, 0.25) is 5.52 Å². The Balaban J connectivity index is 2.73. The molecule has 0 aliphatic carbocycles. The Labute approximate surface area is 79.6 Å². The largest absolute Gasteiger partial charge is 0.411 e. The van der Waals surface area contributed by atoms with E-state index >= 15 is 0 Å².